The van der Waals surface area contributed by atoms with E-state index in [1.807, 2.05) is 60.7 Å². The van der Waals surface area contributed by atoms with Crippen LogP contribution in [0.15, 0.2) is 65.7 Å². The Morgan fingerprint density at radius 2 is 1.72 bits per heavy atom. The summed E-state index contributed by atoms with van der Waals surface area (Å²) in [5.74, 6) is 1.65. The van der Waals surface area contributed by atoms with Gasteiger partial charge in [0.25, 0.3) is 0 Å². The lowest BCUT2D eigenvalue weighted by atomic mass is 10.1. The van der Waals surface area contributed by atoms with Crippen LogP contribution >= 0.6 is 0 Å². The van der Waals surface area contributed by atoms with Gasteiger partial charge in [-0.25, -0.2) is 0 Å². The van der Waals surface area contributed by atoms with E-state index in [4.69, 9.17) is 9.26 Å². The number of hydrogen-bond donors (Lipinski definition) is 0. The van der Waals surface area contributed by atoms with Gasteiger partial charge in [-0.05, 0) is 36.2 Å². The van der Waals surface area contributed by atoms with Gasteiger partial charge >= 0.3 is 0 Å². The summed E-state index contributed by atoms with van der Waals surface area (Å²) in [6.45, 7) is 6.72. The Balaban J connectivity index is 1.68. The van der Waals surface area contributed by atoms with E-state index in [-0.39, 0.29) is 0 Å². The predicted molar refractivity (Wildman–Crippen MR) is 102 cm³/mol. The van der Waals surface area contributed by atoms with E-state index in [9.17, 15) is 0 Å². The average molecular weight is 333 g/mol. The van der Waals surface area contributed by atoms with Crippen LogP contribution < -0.4 is 4.74 Å². The fourth-order valence-electron chi connectivity index (χ4n) is 2.59. The van der Waals surface area contributed by atoms with Crippen molar-refractivity contribution >= 4 is 6.08 Å². The smallest absolute Gasteiger partial charge is 0.167 e. The van der Waals surface area contributed by atoms with Crippen molar-refractivity contribution < 1.29 is 9.26 Å². The van der Waals surface area contributed by atoms with Crippen molar-refractivity contribution in [3.63, 3.8) is 0 Å². The van der Waals surface area contributed by atoms with Gasteiger partial charge < -0.3 is 9.26 Å². The SMILES string of the molecule is C=Cc1ccc(-c2cc(-c3ccc(OCCCCC)cc3)no2)cc1. The Morgan fingerprint density at radius 1 is 1.00 bits per heavy atom. The van der Waals surface area contributed by atoms with Crippen LogP contribution in [0.1, 0.15) is 31.7 Å². The molecule has 0 atom stereocenters. The van der Waals surface area contributed by atoms with Crippen molar-refractivity contribution in [1.82, 2.24) is 5.16 Å². The molecule has 3 rings (SSSR count). The van der Waals surface area contributed by atoms with E-state index in [0.717, 1.165) is 46.9 Å². The van der Waals surface area contributed by atoms with Crippen LogP contribution in [0.25, 0.3) is 28.7 Å². The number of aromatic nitrogens is 1. The number of benzene rings is 2. The van der Waals surface area contributed by atoms with Crippen LogP contribution in [0.5, 0.6) is 5.75 Å². The lowest BCUT2D eigenvalue weighted by molar-refractivity contribution is 0.306. The van der Waals surface area contributed by atoms with Crippen molar-refractivity contribution in [2.75, 3.05) is 6.61 Å². The highest BCUT2D eigenvalue weighted by Crippen LogP contribution is 2.27. The standard InChI is InChI=1S/C22H23NO2/c1-3-5-6-15-24-20-13-11-18(12-14-20)21-16-22(25-23-21)19-9-7-17(4-2)8-10-19/h4,7-14,16H,2-3,5-6,15H2,1H3. The van der Waals surface area contributed by atoms with E-state index in [2.05, 4.69) is 18.7 Å². The van der Waals surface area contributed by atoms with Gasteiger partial charge in [0.1, 0.15) is 11.4 Å². The van der Waals surface area contributed by atoms with Crippen molar-refractivity contribution in [2.24, 2.45) is 0 Å². The first-order valence-electron chi connectivity index (χ1n) is 8.73. The third-order valence-electron chi connectivity index (χ3n) is 4.11. The van der Waals surface area contributed by atoms with E-state index in [1.165, 1.54) is 12.8 Å². The number of unbranched alkanes of at least 4 members (excludes halogenated alkanes) is 2. The minimum Gasteiger partial charge on any atom is -0.494 e. The lowest BCUT2D eigenvalue weighted by Gasteiger charge is -2.05. The van der Waals surface area contributed by atoms with Gasteiger partial charge in [0.2, 0.25) is 0 Å². The number of nitrogens with zero attached hydrogens (tertiary/aromatic N) is 1. The maximum atomic E-state index is 5.74. The average Bonchev–Trinajstić information content (AvgIpc) is 3.16. The van der Waals surface area contributed by atoms with Crippen molar-refractivity contribution in [2.45, 2.75) is 26.2 Å². The predicted octanol–water partition coefficient (Wildman–Crippen LogP) is 6.22. The molecule has 1 aromatic heterocycles. The fourth-order valence-corrected chi connectivity index (χ4v) is 2.59. The zero-order valence-electron chi connectivity index (χ0n) is 14.6. The molecule has 3 heteroatoms. The monoisotopic (exact) mass is 333 g/mol. The summed E-state index contributed by atoms with van der Waals surface area (Å²) in [6.07, 6.45) is 5.32. The zero-order chi connectivity index (χ0) is 17.5. The lowest BCUT2D eigenvalue weighted by Crippen LogP contribution is -1.96. The first-order chi connectivity index (χ1) is 12.3. The van der Waals surface area contributed by atoms with Crippen LogP contribution in [-0.2, 0) is 0 Å². The molecule has 3 aromatic rings. The molecular weight excluding hydrogens is 310 g/mol. The molecule has 0 aliphatic heterocycles. The molecule has 0 amide bonds. The molecule has 0 aliphatic carbocycles. The first kappa shape index (κ1) is 17.0. The van der Waals surface area contributed by atoms with Gasteiger partial charge in [0.05, 0.1) is 6.61 Å². The number of ether oxygens (including phenoxy) is 1. The normalized spacial score (nSPS) is 10.6. The third kappa shape index (κ3) is 4.38. The second-order valence-electron chi connectivity index (χ2n) is 5.98. The Bertz CT molecular complexity index is 801. The Morgan fingerprint density at radius 3 is 2.40 bits per heavy atom. The molecule has 25 heavy (non-hydrogen) atoms. The number of hydrogen-bond acceptors (Lipinski definition) is 3. The molecule has 0 fully saturated rings. The fraction of sp³-hybridized carbons (Fsp3) is 0.227. The second kappa shape index (κ2) is 8.34. The van der Waals surface area contributed by atoms with Crippen molar-refractivity contribution in [3.8, 4) is 28.3 Å². The van der Waals surface area contributed by atoms with E-state index in [0.29, 0.717) is 0 Å². The third-order valence-corrected chi connectivity index (χ3v) is 4.11. The molecule has 0 aliphatic rings. The number of rotatable bonds is 8. The molecule has 0 spiro atoms. The minimum atomic E-state index is 0.755. The van der Waals surface area contributed by atoms with Crippen LogP contribution in [0, 0.1) is 0 Å². The van der Waals surface area contributed by atoms with Crippen LogP contribution in [-0.4, -0.2) is 11.8 Å². The maximum absolute atomic E-state index is 5.74. The molecule has 0 saturated heterocycles. The van der Waals surface area contributed by atoms with E-state index < -0.39 is 0 Å². The Hall–Kier alpha value is -2.81. The van der Waals surface area contributed by atoms with Crippen LogP contribution in [0.4, 0.5) is 0 Å². The maximum Gasteiger partial charge on any atom is 0.167 e. The van der Waals surface area contributed by atoms with E-state index in [1.54, 1.807) is 0 Å². The molecule has 1 heterocycles. The topological polar surface area (TPSA) is 35.3 Å². The van der Waals surface area contributed by atoms with Crippen molar-refractivity contribution in [3.05, 3.63) is 66.7 Å². The largest absolute Gasteiger partial charge is 0.494 e. The quantitative estimate of drug-likeness (QED) is 0.459. The molecule has 0 radical (unpaired) electrons. The van der Waals surface area contributed by atoms with E-state index >= 15 is 0 Å². The summed E-state index contributed by atoms with van der Waals surface area (Å²) in [5, 5.41) is 4.19. The zero-order valence-corrected chi connectivity index (χ0v) is 14.6. The van der Waals surface area contributed by atoms with Gasteiger partial charge in [-0.3, -0.25) is 0 Å². The van der Waals surface area contributed by atoms with Gasteiger partial charge in [0.15, 0.2) is 5.76 Å². The van der Waals surface area contributed by atoms with Crippen LogP contribution in [0.2, 0.25) is 0 Å². The summed E-state index contributed by atoms with van der Waals surface area (Å²) >= 11 is 0. The minimum absolute atomic E-state index is 0.755. The van der Waals surface area contributed by atoms with Crippen LogP contribution in [0.3, 0.4) is 0 Å². The molecule has 0 saturated carbocycles. The summed E-state index contributed by atoms with van der Waals surface area (Å²) < 4.78 is 11.2. The summed E-state index contributed by atoms with van der Waals surface area (Å²) in [6, 6.07) is 18.0. The second-order valence-corrected chi connectivity index (χ2v) is 5.98. The first-order valence-corrected chi connectivity index (χ1v) is 8.73. The summed E-state index contributed by atoms with van der Waals surface area (Å²) in [7, 11) is 0. The molecule has 128 valence electrons. The molecule has 0 N–H and O–H groups in total. The molecule has 0 bridgehead atoms. The molecule has 3 nitrogen and oxygen atoms in total. The summed E-state index contributed by atoms with van der Waals surface area (Å²) in [4.78, 5) is 0. The molecule has 2 aromatic carbocycles. The van der Waals surface area contributed by atoms with Crippen molar-refractivity contribution in [1.29, 1.82) is 0 Å². The van der Waals surface area contributed by atoms with Gasteiger partial charge in [-0.15, -0.1) is 0 Å². The highest BCUT2D eigenvalue weighted by molar-refractivity contribution is 5.68. The van der Waals surface area contributed by atoms with Gasteiger partial charge in [-0.1, -0.05) is 61.8 Å². The highest BCUT2D eigenvalue weighted by Gasteiger charge is 2.08. The van der Waals surface area contributed by atoms with Gasteiger partial charge in [-0.2, -0.15) is 0 Å². The van der Waals surface area contributed by atoms with Gasteiger partial charge in [0, 0.05) is 17.2 Å². The Labute approximate surface area is 148 Å². The highest BCUT2D eigenvalue weighted by atomic mass is 16.5. The Kier molecular flexibility index (Phi) is 5.68. The molecule has 0 unspecified atom stereocenters. The summed E-state index contributed by atoms with van der Waals surface area (Å²) in [5.41, 5.74) is 3.91. The molecular formula is C22H23NO2.